The Morgan fingerprint density at radius 2 is 1.44 bits per heavy atom. The molecule has 136 valence electrons. The van der Waals surface area contributed by atoms with E-state index in [2.05, 4.69) is 5.32 Å². The van der Waals surface area contributed by atoms with Crippen molar-refractivity contribution in [2.24, 2.45) is 0 Å². The van der Waals surface area contributed by atoms with E-state index in [-0.39, 0.29) is 0 Å². The highest BCUT2D eigenvalue weighted by atomic mass is 16.5. The monoisotopic (exact) mass is 360 g/mol. The summed E-state index contributed by atoms with van der Waals surface area (Å²) in [6, 6.07) is 25.8. The van der Waals surface area contributed by atoms with Gasteiger partial charge in [-0.3, -0.25) is 9.59 Å². The number of hydrogen-bond donors (Lipinski definition) is 1. The zero-order valence-electron chi connectivity index (χ0n) is 15.0. The van der Waals surface area contributed by atoms with Crippen LogP contribution in [-0.2, 0) is 16.2 Å². The van der Waals surface area contributed by atoms with E-state index in [4.69, 9.17) is 4.74 Å². The Bertz CT molecular complexity index is 894. The highest BCUT2D eigenvalue weighted by molar-refractivity contribution is 6.44. The van der Waals surface area contributed by atoms with Gasteiger partial charge >= 0.3 is 11.8 Å². The van der Waals surface area contributed by atoms with Crippen molar-refractivity contribution in [2.75, 3.05) is 17.3 Å². The number of anilines is 2. The number of likely N-dealkylation sites (N-methyl/N-ethyl adjacent to an activating group) is 1. The van der Waals surface area contributed by atoms with Crippen LogP contribution in [0.3, 0.4) is 0 Å². The van der Waals surface area contributed by atoms with Gasteiger partial charge in [-0.15, -0.1) is 0 Å². The number of carbonyl (C=O) groups excluding carboxylic acids is 2. The summed E-state index contributed by atoms with van der Waals surface area (Å²) in [5.41, 5.74) is 2.26. The van der Waals surface area contributed by atoms with E-state index in [0.717, 1.165) is 5.56 Å². The maximum absolute atomic E-state index is 12.3. The molecule has 0 bridgehead atoms. The predicted molar refractivity (Wildman–Crippen MR) is 106 cm³/mol. The molecule has 1 N–H and O–H groups in total. The highest BCUT2D eigenvalue weighted by Gasteiger charge is 2.19. The van der Waals surface area contributed by atoms with Crippen LogP contribution in [0.15, 0.2) is 84.9 Å². The summed E-state index contributed by atoms with van der Waals surface area (Å²) >= 11 is 0. The molecule has 5 nitrogen and oxygen atoms in total. The molecule has 0 aliphatic heterocycles. The van der Waals surface area contributed by atoms with Crippen molar-refractivity contribution in [2.45, 2.75) is 6.61 Å². The molecule has 2 amide bonds. The van der Waals surface area contributed by atoms with Crippen LogP contribution in [0.2, 0.25) is 0 Å². The molecule has 3 rings (SSSR count). The molecule has 0 saturated heterocycles. The first kappa shape index (κ1) is 18.2. The molecule has 0 aliphatic rings. The molecule has 0 unspecified atom stereocenters. The number of hydrogen-bond acceptors (Lipinski definition) is 3. The van der Waals surface area contributed by atoms with Gasteiger partial charge in [0.1, 0.15) is 12.4 Å². The third-order valence-electron chi connectivity index (χ3n) is 4.00. The lowest BCUT2D eigenvalue weighted by atomic mass is 10.2. The number of para-hydroxylation sites is 1. The number of benzene rings is 3. The zero-order valence-corrected chi connectivity index (χ0v) is 15.0. The molecule has 0 spiro atoms. The van der Waals surface area contributed by atoms with Crippen LogP contribution in [0, 0.1) is 0 Å². The lowest BCUT2D eigenvalue weighted by Gasteiger charge is -2.16. The predicted octanol–water partition coefficient (Wildman–Crippen LogP) is 3.87. The largest absolute Gasteiger partial charge is 0.489 e. The van der Waals surface area contributed by atoms with Crippen molar-refractivity contribution in [3.8, 4) is 5.75 Å². The van der Waals surface area contributed by atoms with Gasteiger partial charge in [0, 0.05) is 18.4 Å². The van der Waals surface area contributed by atoms with E-state index >= 15 is 0 Å². The number of carbonyl (C=O) groups is 2. The maximum atomic E-state index is 12.3. The lowest BCUT2D eigenvalue weighted by Crippen LogP contribution is -2.37. The Hall–Kier alpha value is -3.60. The fourth-order valence-corrected chi connectivity index (χ4v) is 2.48. The van der Waals surface area contributed by atoms with Crippen molar-refractivity contribution >= 4 is 23.2 Å². The molecular formula is C22H20N2O3. The van der Waals surface area contributed by atoms with E-state index in [1.807, 2.05) is 48.5 Å². The van der Waals surface area contributed by atoms with Gasteiger partial charge in [0.2, 0.25) is 0 Å². The van der Waals surface area contributed by atoms with Crippen LogP contribution in [0.1, 0.15) is 5.56 Å². The molecule has 3 aromatic rings. The van der Waals surface area contributed by atoms with E-state index in [0.29, 0.717) is 23.7 Å². The number of nitrogens with zero attached hydrogens (tertiary/aromatic N) is 1. The second-order valence-electron chi connectivity index (χ2n) is 5.95. The number of nitrogens with one attached hydrogen (secondary N) is 1. The van der Waals surface area contributed by atoms with Gasteiger partial charge in [-0.05, 0) is 42.0 Å². The standard InChI is InChI=1S/C22H20N2O3/c1-24(19-10-6-3-7-11-19)22(26)21(25)23-18-12-14-20(15-13-18)27-16-17-8-4-2-5-9-17/h2-15H,16H2,1H3,(H,23,25). The van der Waals surface area contributed by atoms with Crippen molar-refractivity contribution in [1.82, 2.24) is 0 Å². The molecule has 27 heavy (non-hydrogen) atoms. The average Bonchev–Trinajstić information content (AvgIpc) is 2.73. The fraction of sp³-hybridized carbons (Fsp3) is 0.0909. The van der Waals surface area contributed by atoms with E-state index < -0.39 is 11.8 Å². The molecule has 5 heteroatoms. The highest BCUT2D eigenvalue weighted by Crippen LogP contribution is 2.18. The minimum absolute atomic E-state index is 0.465. The first-order chi connectivity index (χ1) is 13.1. The summed E-state index contributed by atoms with van der Waals surface area (Å²) in [4.78, 5) is 25.8. The smallest absolute Gasteiger partial charge is 0.316 e. The first-order valence-corrected chi connectivity index (χ1v) is 8.54. The minimum atomic E-state index is -0.695. The minimum Gasteiger partial charge on any atom is -0.489 e. The summed E-state index contributed by atoms with van der Waals surface area (Å²) in [6.45, 7) is 0.465. The van der Waals surface area contributed by atoms with E-state index in [1.54, 1.807) is 43.4 Å². The van der Waals surface area contributed by atoms with Crippen LogP contribution < -0.4 is 15.0 Å². The molecular weight excluding hydrogens is 340 g/mol. The molecule has 3 aromatic carbocycles. The summed E-state index contributed by atoms with van der Waals surface area (Å²) < 4.78 is 5.71. The Balaban J connectivity index is 1.56. The van der Waals surface area contributed by atoms with Crippen LogP contribution in [0.25, 0.3) is 0 Å². The summed E-state index contributed by atoms with van der Waals surface area (Å²) in [5, 5.41) is 2.61. The maximum Gasteiger partial charge on any atom is 0.316 e. The molecule has 0 aromatic heterocycles. The van der Waals surface area contributed by atoms with Crippen molar-refractivity contribution in [1.29, 1.82) is 0 Å². The van der Waals surface area contributed by atoms with Gasteiger partial charge in [0.15, 0.2) is 0 Å². The molecule has 0 heterocycles. The Labute approximate surface area is 158 Å². The molecule has 0 saturated carbocycles. The Kier molecular flexibility index (Phi) is 5.84. The van der Waals surface area contributed by atoms with Crippen LogP contribution >= 0.6 is 0 Å². The normalized spacial score (nSPS) is 10.1. The van der Waals surface area contributed by atoms with Crippen molar-refractivity contribution in [3.05, 3.63) is 90.5 Å². The molecule has 0 fully saturated rings. The first-order valence-electron chi connectivity index (χ1n) is 8.54. The molecule has 0 atom stereocenters. The van der Waals surface area contributed by atoms with Gasteiger partial charge in [0.25, 0.3) is 0 Å². The van der Waals surface area contributed by atoms with Gasteiger partial charge < -0.3 is 15.0 Å². The Morgan fingerprint density at radius 3 is 2.07 bits per heavy atom. The van der Waals surface area contributed by atoms with Crippen molar-refractivity contribution < 1.29 is 14.3 Å². The third-order valence-corrected chi connectivity index (χ3v) is 4.00. The summed E-state index contributed by atoms with van der Waals surface area (Å²) in [5.74, 6) is -0.644. The van der Waals surface area contributed by atoms with Gasteiger partial charge in [-0.25, -0.2) is 0 Å². The van der Waals surface area contributed by atoms with Crippen LogP contribution in [-0.4, -0.2) is 18.9 Å². The molecule has 0 radical (unpaired) electrons. The topological polar surface area (TPSA) is 58.6 Å². The number of amides is 2. The average molecular weight is 360 g/mol. The zero-order chi connectivity index (χ0) is 19.1. The number of rotatable bonds is 5. The van der Waals surface area contributed by atoms with Gasteiger partial charge in [-0.1, -0.05) is 48.5 Å². The van der Waals surface area contributed by atoms with E-state index in [9.17, 15) is 9.59 Å². The molecule has 0 aliphatic carbocycles. The Morgan fingerprint density at radius 1 is 0.852 bits per heavy atom. The van der Waals surface area contributed by atoms with Gasteiger partial charge in [-0.2, -0.15) is 0 Å². The summed E-state index contributed by atoms with van der Waals surface area (Å²) in [6.07, 6.45) is 0. The van der Waals surface area contributed by atoms with Crippen molar-refractivity contribution in [3.63, 3.8) is 0 Å². The van der Waals surface area contributed by atoms with Crippen LogP contribution in [0.4, 0.5) is 11.4 Å². The SMILES string of the molecule is CN(C(=O)C(=O)Nc1ccc(OCc2ccccc2)cc1)c1ccccc1. The quantitative estimate of drug-likeness (QED) is 0.703. The number of ether oxygens (including phenoxy) is 1. The second-order valence-corrected chi connectivity index (χ2v) is 5.95. The summed E-state index contributed by atoms with van der Waals surface area (Å²) in [7, 11) is 1.57. The van der Waals surface area contributed by atoms with Gasteiger partial charge in [0.05, 0.1) is 0 Å². The lowest BCUT2D eigenvalue weighted by molar-refractivity contribution is -0.134. The van der Waals surface area contributed by atoms with E-state index in [1.165, 1.54) is 4.90 Å². The second kappa shape index (κ2) is 8.67. The third kappa shape index (κ3) is 4.95. The van der Waals surface area contributed by atoms with Crippen LogP contribution in [0.5, 0.6) is 5.75 Å². The fourth-order valence-electron chi connectivity index (χ4n) is 2.48.